The van der Waals surface area contributed by atoms with Crippen molar-refractivity contribution >= 4 is 0 Å². The molecule has 0 saturated carbocycles. The van der Waals surface area contributed by atoms with Gasteiger partial charge in [0.1, 0.15) is 0 Å². The van der Waals surface area contributed by atoms with Crippen LogP contribution >= 0.6 is 0 Å². The Kier molecular flexibility index (Phi) is 3.67. The van der Waals surface area contributed by atoms with Crippen molar-refractivity contribution in [3.05, 3.63) is 12.8 Å². The van der Waals surface area contributed by atoms with Crippen molar-refractivity contribution < 1.29 is 0 Å². The zero-order valence-corrected chi connectivity index (χ0v) is 6.20. The third kappa shape index (κ3) is 3.70. The lowest BCUT2D eigenvalue weighted by Gasteiger charge is -2.14. The molecule has 0 unspecified atom stereocenters. The molecule has 0 aromatic carbocycles. The fourth-order valence-electron chi connectivity index (χ4n) is 0.221. The van der Waals surface area contributed by atoms with E-state index in [4.69, 9.17) is 0 Å². The van der Waals surface area contributed by atoms with E-state index in [1.54, 1.807) is 5.01 Å². The van der Waals surface area contributed by atoms with Gasteiger partial charge < -0.3 is 0 Å². The Balaban J connectivity index is 3.61. The maximum Gasteiger partial charge on any atom is 0.0441 e. The van der Waals surface area contributed by atoms with Crippen LogP contribution in [0.25, 0.3) is 0 Å². The Morgan fingerprint density at radius 2 is 2.11 bits per heavy atom. The van der Waals surface area contributed by atoms with Crippen LogP contribution in [0.1, 0.15) is 13.8 Å². The summed E-state index contributed by atoms with van der Waals surface area (Å²) in [5.74, 6) is 0. The molecule has 3 nitrogen and oxygen atoms in total. The largest absolute Gasteiger partial charge is 0.279 e. The van der Waals surface area contributed by atoms with E-state index in [1.165, 1.54) is 6.20 Å². The van der Waals surface area contributed by atoms with E-state index >= 15 is 0 Å². The summed E-state index contributed by atoms with van der Waals surface area (Å²) in [6, 6.07) is 0.397. The summed E-state index contributed by atoms with van der Waals surface area (Å²) in [6.45, 7) is 7.49. The van der Waals surface area contributed by atoms with Crippen molar-refractivity contribution in [1.82, 2.24) is 5.01 Å². The third-order valence-electron chi connectivity index (χ3n) is 1.02. The highest BCUT2D eigenvalue weighted by Crippen LogP contribution is 1.93. The minimum absolute atomic E-state index is 0.397. The van der Waals surface area contributed by atoms with Crippen LogP contribution in [-0.2, 0) is 0 Å². The van der Waals surface area contributed by atoms with E-state index in [1.807, 2.05) is 20.9 Å². The average molecular weight is 127 g/mol. The second-order valence-electron chi connectivity index (χ2n) is 2.05. The lowest BCUT2D eigenvalue weighted by Crippen LogP contribution is -2.19. The summed E-state index contributed by atoms with van der Waals surface area (Å²) in [5.41, 5.74) is 0. The summed E-state index contributed by atoms with van der Waals surface area (Å²) >= 11 is 0. The van der Waals surface area contributed by atoms with Crippen molar-refractivity contribution in [2.24, 2.45) is 10.3 Å². The number of hydrogen-bond donors (Lipinski definition) is 0. The monoisotopic (exact) mass is 127 g/mol. The van der Waals surface area contributed by atoms with Crippen molar-refractivity contribution in [2.45, 2.75) is 19.9 Å². The number of nitrogens with zero attached hydrogens (tertiary/aromatic N) is 3. The zero-order valence-electron chi connectivity index (χ0n) is 6.20. The second kappa shape index (κ2) is 4.06. The molecule has 0 atom stereocenters. The molecule has 0 spiro atoms. The lowest BCUT2D eigenvalue weighted by atomic mass is 10.4. The van der Waals surface area contributed by atoms with Crippen molar-refractivity contribution in [3.63, 3.8) is 0 Å². The van der Waals surface area contributed by atoms with Crippen molar-refractivity contribution in [3.8, 4) is 0 Å². The molecular formula is C6H13N3. The molecule has 0 heterocycles. The average Bonchev–Trinajstić information content (AvgIpc) is 1.82. The zero-order chi connectivity index (χ0) is 7.28. The molecule has 0 saturated heterocycles. The standard InChI is InChI=1S/C6H13N3/c1-5-7-8-9(4)6(2)3/h5-6H,1H2,2-4H3/b8-7-. The first-order valence-electron chi connectivity index (χ1n) is 2.93. The predicted octanol–water partition coefficient (Wildman–Crippen LogP) is 1.84. The quantitative estimate of drug-likeness (QED) is 0.420. The van der Waals surface area contributed by atoms with Crippen LogP contribution in [0.3, 0.4) is 0 Å². The van der Waals surface area contributed by atoms with Crippen LogP contribution < -0.4 is 0 Å². The van der Waals surface area contributed by atoms with Gasteiger partial charge in [-0.2, -0.15) is 0 Å². The summed E-state index contributed by atoms with van der Waals surface area (Å²) in [6.07, 6.45) is 1.42. The minimum Gasteiger partial charge on any atom is -0.279 e. The highest BCUT2D eigenvalue weighted by molar-refractivity contribution is 4.57. The minimum atomic E-state index is 0.397. The molecule has 0 radical (unpaired) electrons. The van der Waals surface area contributed by atoms with Gasteiger partial charge >= 0.3 is 0 Å². The molecule has 0 rings (SSSR count). The van der Waals surface area contributed by atoms with Gasteiger partial charge in [-0.25, -0.2) is 0 Å². The van der Waals surface area contributed by atoms with Crippen LogP contribution in [-0.4, -0.2) is 18.1 Å². The van der Waals surface area contributed by atoms with E-state index in [9.17, 15) is 0 Å². The second-order valence-corrected chi connectivity index (χ2v) is 2.05. The van der Waals surface area contributed by atoms with Crippen LogP contribution in [0.5, 0.6) is 0 Å². The predicted molar refractivity (Wildman–Crippen MR) is 38.0 cm³/mol. The molecule has 0 fully saturated rings. The maximum atomic E-state index is 3.78. The van der Waals surface area contributed by atoms with Crippen molar-refractivity contribution in [1.29, 1.82) is 0 Å². The van der Waals surface area contributed by atoms with Gasteiger partial charge in [-0.15, -0.1) is 5.11 Å². The van der Waals surface area contributed by atoms with Crippen LogP contribution in [0.15, 0.2) is 23.1 Å². The molecule has 0 aromatic rings. The van der Waals surface area contributed by atoms with Gasteiger partial charge in [-0.3, -0.25) is 5.01 Å². The van der Waals surface area contributed by atoms with Gasteiger partial charge in [0.2, 0.25) is 0 Å². The molecule has 0 aromatic heterocycles. The van der Waals surface area contributed by atoms with Crippen LogP contribution in [0, 0.1) is 0 Å². The molecule has 0 N–H and O–H groups in total. The molecule has 52 valence electrons. The summed E-state index contributed by atoms with van der Waals surface area (Å²) in [4.78, 5) is 0. The van der Waals surface area contributed by atoms with E-state index < -0.39 is 0 Å². The summed E-state index contributed by atoms with van der Waals surface area (Å²) < 4.78 is 0. The molecule has 0 amide bonds. The van der Waals surface area contributed by atoms with E-state index in [-0.39, 0.29) is 0 Å². The highest BCUT2D eigenvalue weighted by Gasteiger charge is 1.95. The van der Waals surface area contributed by atoms with E-state index in [0.717, 1.165) is 0 Å². The molecule has 0 bridgehead atoms. The first kappa shape index (κ1) is 8.14. The van der Waals surface area contributed by atoms with Gasteiger partial charge in [0.25, 0.3) is 0 Å². The molecule has 0 aliphatic heterocycles. The number of hydrogen-bond acceptors (Lipinski definition) is 2. The Bertz CT molecular complexity index is 107. The maximum absolute atomic E-state index is 3.78. The Morgan fingerprint density at radius 1 is 1.56 bits per heavy atom. The Hall–Kier alpha value is -0.860. The topological polar surface area (TPSA) is 28.0 Å². The fourth-order valence-corrected chi connectivity index (χ4v) is 0.221. The van der Waals surface area contributed by atoms with Gasteiger partial charge in [0.05, 0.1) is 0 Å². The summed E-state index contributed by atoms with van der Waals surface area (Å²) in [7, 11) is 1.87. The van der Waals surface area contributed by atoms with Gasteiger partial charge in [-0.05, 0) is 13.8 Å². The number of rotatable bonds is 3. The first-order chi connectivity index (χ1) is 4.18. The van der Waals surface area contributed by atoms with Gasteiger partial charge in [-0.1, -0.05) is 11.8 Å². The molecule has 0 aliphatic carbocycles. The SMILES string of the molecule is C=C/N=N\N(C)C(C)C. The van der Waals surface area contributed by atoms with Crippen LogP contribution in [0.4, 0.5) is 0 Å². The van der Waals surface area contributed by atoms with E-state index in [0.29, 0.717) is 6.04 Å². The molecule has 0 aliphatic rings. The lowest BCUT2D eigenvalue weighted by molar-refractivity contribution is 0.270. The molecule has 3 heteroatoms. The first-order valence-corrected chi connectivity index (χ1v) is 2.93. The Labute approximate surface area is 56.1 Å². The smallest absolute Gasteiger partial charge is 0.0441 e. The van der Waals surface area contributed by atoms with Crippen LogP contribution in [0.2, 0.25) is 0 Å². The van der Waals surface area contributed by atoms with Gasteiger partial charge in [0.15, 0.2) is 0 Å². The third-order valence-corrected chi connectivity index (χ3v) is 1.02. The normalized spacial score (nSPS) is 10.7. The molecular weight excluding hydrogens is 114 g/mol. The van der Waals surface area contributed by atoms with Gasteiger partial charge in [0, 0.05) is 19.3 Å². The van der Waals surface area contributed by atoms with E-state index in [2.05, 4.69) is 16.9 Å². The highest BCUT2D eigenvalue weighted by atomic mass is 15.5. The molecule has 9 heavy (non-hydrogen) atoms. The fraction of sp³-hybridized carbons (Fsp3) is 0.667. The van der Waals surface area contributed by atoms with Crippen molar-refractivity contribution in [2.75, 3.05) is 7.05 Å². The summed E-state index contributed by atoms with van der Waals surface area (Å²) in [5, 5.41) is 9.16. The Morgan fingerprint density at radius 3 is 2.44 bits per heavy atom.